The molecule has 0 aliphatic rings. The predicted octanol–water partition coefficient (Wildman–Crippen LogP) is 2.82. The lowest BCUT2D eigenvalue weighted by Crippen LogP contribution is -2.15. The monoisotopic (exact) mass is 224 g/mol. The second kappa shape index (κ2) is 3.65. The van der Waals surface area contributed by atoms with Crippen molar-refractivity contribution < 1.29 is 13.2 Å². The van der Waals surface area contributed by atoms with E-state index < -0.39 is 11.9 Å². The molecule has 0 atom stereocenters. The van der Waals surface area contributed by atoms with Gasteiger partial charge in [0.05, 0.1) is 5.02 Å². The SMILES string of the molecule is CN(C)c1ccc(Cl)c(C(F)(F)F)n1. The molecule has 0 spiro atoms. The first-order chi connectivity index (χ1) is 6.32. The Hall–Kier alpha value is -0.970. The van der Waals surface area contributed by atoms with E-state index in [9.17, 15) is 13.2 Å². The van der Waals surface area contributed by atoms with Crippen molar-refractivity contribution in [1.82, 2.24) is 4.98 Å². The van der Waals surface area contributed by atoms with Crippen LogP contribution >= 0.6 is 11.6 Å². The Bertz CT molecular complexity index is 336. The van der Waals surface area contributed by atoms with E-state index in [2.05, 4.69) is 4.98 Å². The molecule has 0 saturated heterocycles. The Balaban J connectivity index is 3.22. The maximum absolute atomic E-state index is 12.3. The van der Waals surface area contributed by atoms with E-state index in [4.69, 9.17) is 11.6 Å². The van der Waals surface area contributed by atoms with Gasteiger partial charge >= 0.3 is 6.18 Å². The van der Waals surface area contributed by atoms with Gasteiger partial charge in [-0.25, -0.2) is 4.98 Å². The van der Waals surface area contributed by atoms with E-state index >= 15 is 0 Å². The summed E-state index contributed by atoms with van der Waals surface area (Å²) in [5.41, 5.74) is -1.05. The van der Waals surface area contributed by atoms with Crippen molar-refractivity contribution in [2.45, 2.75) is 6.18 Å². The fraction of sp³-hybridized carbons (Fsp3) is 0.375. The van der Waals surface area contributed by atoms with E-state index in [0.29, 0.717) is 0 Å². The number of hydrogen-bond donors (Lipinski definition) is 0. The molecule has 0 bridgehead atoms. The van der Waals surface area contributed by atoms with Gasteiger partial charge in [-0.05, 0) is 12.1 Å². The number of anilines is 1. The van der Waals surface area contributed by atoms with Crippen LogP contribution in [0.5, 0.6) is 0 Å². The van der Waals surface area contributed by atoms with Gasteiger partial charge in [-0.3, -0.25) is 0 Å². The summed E-state index contributed by atoms with van der Waals surface area (Å²) < 4.78 is 37.0. The Morgan fingerprint density at radius 3 is 2.29 bits per heavy atom. The first-order valence-corrected chi connectivity index (χ1v) is 4.11. The van der Waals surface area contributed by atoms with Crippen LogP contribution in [-0.2, 0) is 6.18 Å². The molecule has 0 N–H and O–H groups in total. The van der Waals surface area contributed by atoms with Crippen molar-refractivity contribution in [3.63, 3.8) is 0 Å². The fourth-order valence-corrected chi connectivity index (χ4v) is 1.09. The number of alkyl halides is 3. The summed E-state index contributed by atoms with van der Waals surface area (Å²) in [7, 11) is 3.22. The van der Waals surface area contributed by atoms with Gasteiger partial charge in [0, 0.05) is 14.1 Å². The van der Waals surface area contributed by atoms with Crippen molar-refractivity contribution in [2.24, 2.45) is 0 Å². The minimum absolute atomic E-state index is 0.224. The van der Waals surface area contributed by atoms with Crippen LogP contribution in [0.4, 0.5) is 19.0 Å². The Morgan fingerprint density at radius 2 is 1.86 bits per heavy atom. The van der Waals surface area contributed by atoms with Crippen molar-refractivity contribution in [3.8, 4) is 0 Å². The highest BCUT2D eigenvalue weighted by Crippen LogP contribution is 2.33. The summed E-state index contributed by atoms with van der Waals surface area (Å²) >= 11 is 5.38. The molecule has 0 amide bonds. The lowest BCUT2D eigenvalue weighted by molar-refractivity contribution is -0.141. The molecule has 78 valence electrons. The number of pyridine rings is 1. The molecule has 0 aromatic carbocycles. The number of rotatable bonds is 1. The van der Waals surface area contributed by atoms with Crippen LogP contribution in [-0.4, -0.2) is 19.1 Å². The van der Waals surface area contributed by atoms with Crippen molar-refractivity contribution >= 4 is 17.4 Å². The topological polar surface area (TPSA) is 16.1 Å². The first kappa shape index (κ1) is 11.1. The summed E-state index contributed by atoms with van der Waals surface area (Å²) in [5.74, 6) is 0.224. The second-order valence-corrected chi connectivity index (χ2v) is 3.30. The number of nitrogens with zero attached hydrogens (tertiary/aromatic N) is 2. The summed E-state index contributed by atoms with van der Waals surface area (Å²) in [5, 5.41) is -0.386. The zero-order chi connectivity index (χ0) is 10.9. The summed E-state index contributed by atoms with van der Waals surface area (Å²) in [6, 6.07) is 2.62. The van der Waals surface area contributed by atoms with E-state index in [1.54, 1.807) is 14.1 Å². The normalized spacial score (nSPS) is 11.6. The standard InChI is InChI=1S/C8H8ClF3N2/c1-14(2)6-4-3-5(9)7(13-6)8(10,11)12/h3-4H,1-2H3. The molecule has 1 heterocycles. The zero-order valence-electron chi connectivity index (χ0n) is 7.56. The molecule has 1 aromatic heterocycles. The highest BCUT2D eigenvalue weighted by molar-refractivity contribution is 6.31. The molecule has 2 nitrogen and oxygen atoms in total. The average molecular weight is 225 g/mol. The number of aromatic nitrogens is 1. The maximum Gasteiger partial charge on any atom is 0.434 e. The van der Waals surface area contributed by atoms with Crippen molar-refractivity contribution in [1.29, 1.82) is 0 Å². The molecule has 0 fully saturated rings. The van der Waals surface area contributed by atoms with Crippen LogP contribution in [0.2, 0.25) is 5.02 Å². The second-order valence-electron chi connectivity index (χ2n) is 2.89. The van der Waals surface area contributed by atoms with Crippen molar-refractivity contribution in [2.75, 3.05) is 19.0 Å². The lowest BCUT2D eigenvalue weighted by Gasteiger charge is -2.14. The molecular formula is C8H8ClF3N2. The zero-order valence-corrected chi connectivity index (χ0v) is 8.32. The number of hydrogen-bond acceptors (Lipinski definition) is 2. The van der Waals surface area contributed by atoms with E-state index in [1.807, 2.05) is 0 Å². The van der Waals surface area contributed by atoms with Crippen LogP contribution in [0.15, 0.2) is 12.1 Å². The van der Waals surface area contributed by atoms with Crippen LogP contribution in [0.25, 0.3) is 0 Å². The Kier molecular flexibility index (Phi) is 2.89. The van der Waals surface area contributed by atoms with E-state index in [1.165, 1.54) is 17.0 Å². The molecule has 6 heteroatoms. The van der Waals surface area contributed by atoms with Gasteiger partial charge in [0.25, 0.3) is 0 Å². The molecule has 14 heavy (non-hydrogen) atoms. The molecule has 0 aliphatic heterocycles. The molecule has 0 unspecified atom stereocenters. The lowest BCUT2D eigenvalue weighted by atomic mass is 10.3. The van der Waals surface area contributed by atoms with Gasteiger partial charge in [0.15, 0.2) is 5.69 Å². The summed E-state index contributed by atoms with van der Waals surface area (Å²) in [6.07, 6.45) is -4.51. The van der Waals surface area contributed by atoms with Gasteiger partial charge in [0.1, 0.15) is 5.82 Å². The maximum atomic E-state index is 12.3. The highest BCUT2D eigenvalue weighted by Gasteiger charge is 2.35. The summed E-state index contributed by atoms with van der Waals surface area (Å²) in [4.78, 5) is 4.89. The van der Waals surface area contributed by atoms with Crippen LogP contribution in [0.3, 0.4) is 0 Å². The van der Waals surface area contributed by atoms with Crippen LogP contribution in [0.1, 0.15) is 5.69 Å². The van der Waals surface area contributed by atoms with Crippen molar-refractivity contribution in [3.05, 3.63) is 22.8 Å². The quantitative estimate of drug-likeness (QED) is 0.729. The Morgan fingerprint density at radius 1 is 1.29 bits per heavy atom. The van der Waals surface area contributed by atoms with Gasteiger partial charge < -0.3 is 4.90 Å². The van der Waals surface area contributed by atoms with Crippen LogP contribution < -0.4 is 4.90 Å². The average Bonchev–Trinajstić information content (AvgIpc) is 2.02. The third-order valence-corrected chi connectivity index (χ3v) is 1.86. The summed E-state index contributed by atoms with van der Waals surface area (Å²) in [6.45, 7) is 0. The van der Waals surface area contributed by atoms with E-state index in [-0.39, 0.29) is 10.8 Å². The van der Waals surface area contributed by atoms with Gasteiger partial charge in [-0.15, -0.1) is 0 Å². The molecule has 0 aliphatic carbocycles. The van der Waals surface area contributed by atoms with Gasteiger partial charge in [0.2, 0.25) is 0 Å². The molecular weight excluding hydrogens is 217 g/mol. The minimum Gasteiger partial charge on any atom is -0.363 e. The fourth-order valence-electron chi connectivity index (χ4n) is 0.880. The molecule has 1 rings (SSSR count). The van der Waals surface area contributed by atoms with Gasteiger partial charge in [-0.2, -0.15) is 13.2 Å². The minimum atomic E-state index is -4.51. The molecule has 0 saturated carbocycles. The third kappa shape index (κ3) is 2.29. The largest absolute Gasteiger partial charge is 0.434 e. The van der Waals surface area contributed by atoms with Gasteiger partial charge in [-0.1, -0.05) is 11.6 Å². The third-order valence-electron chi connectivity index (χ3n) is 1.56. The first-order valence-electron chi connectivity index (χ1n) is 3.73. The molecule has 1 aromatic rings. The highest BCUT2D eigenvalue weighted by atomic mass is 35.5. The van der Waals surface area contributed by atoms with Crippen LogP contribution in [0, 0.1) is 0 Å². The number of halogens is 4. The van der Waals surface area contributed by atoms with E-state index in [0.717, 1.165) is 0 Å². The molecule has 0 radical (unpaired) electrons. The Labute approximate surface area is 84.3 Å². The predicted molar refractivity (Wildman–Crippen MR) is 48.6 cm³/mol. The smallest absolute Gasteiger partial charge is 0.363 e.